The molecule has 3 rings (SSSR count). The lowest BCUT2D eigenvalue weighted by Crippen LogP contribution is -2.55. The molecular weight excluding hydrogens is 593 g/mol. The molecule has 2 amide bonds. The second-order valence-corrected chi connectivity index (χ2v) is 14.2. The highest BCUT2D eigenvalue weighted by atomic mass is 35.5. The van der Waals surface area contributed by atoms with Gasteiger partial charge in [-0.25, -0.2) is 8.42 Å². The number of benzene rings is 3. The fraction of sp³-hybridized carbons (Fsp3) is 0.375. The molecule has 0 fully saturated rings. The van der Waals surface area contributed by atoms with Gasteiger partial charge >= 0.3 is 0 Å². The number of hydrogen-bond donors (Lipinski definition) is 1. The summed E-state index contributed by atoms with van der Waals surface area (Å²) in [5, 5.41) is 3.73. The van der Waals surface area contributed by atoms with Gasteiger partial charge in [0, 0.05) is 22.1 Å². The Balaban J connectivity index is 2.10. The van der Waals surface area contributed by atoms with Crippen LogP contribution in [0.3, 0.4) is 0 Å². The Hall–Kier alpha value is -3.07. The molecule has 0 heterocycles. The zero-order valence-corrected chi connectivity index (χ0v) is 27.2. The Bertz CT molecular complexity index is 1490. The van der Waals surface area contributed by atoms with E-state index in [2.05, 4.69) is 5.32 Å². The Morgan fingerprint density at radius 1 is 0.929 bits per heavy atom. The van der Waals surface area contributed by atoms with Gasteiger partial charge < -0.3 is 10.2 Å². The van der Waals surface area contributed by atoms with Gasteiger partial charge in [-0.2, -0.15) is 0 Å². The van der Waals surface area contributed by atoms with E-state index in [0.29, 0.717) is 27.7 Å². The summed E-state index contributed by atoms with van der Waals surface area (Å²) in [4.78, 5) is 29.1. The predicted octanol–water partition coefficient (Wildman–Crippen LogP) is 7.03. The van der Waals surface area contributed by atoms with Crippen LogP contribution in [-0.4, -0.2) is 43.3 Å². The summed E-state index contributed by atoms with van der Waals surface area (Å²) in [6.45, 7) is 10.9. The monoisotopic (exact) mass is 631 g/mol. The molecule has 0 radical (unpaired) electrons. The summed E-state index contributed by atoms with van der Waals surface area (Å²) in [5.74, 6) is -0.655. The van der Waals surface area contributed by atoms with E-state index in [1.807, 2.05) is 46.8 Å². The van der Waals surface area contributed by atoms with Gasteiger partial charge in [-0.3, -0.25) is 13.9 Å². The fourth-order valence-electron chi connectivity index (χ4n) is 4.48. The Kier molecular flexibility index (Phi) is 11.1. The highest BCUT2D eigenvalue weighted by Crippen LogP contribution is 2.28. The quantitative estimate of drug-likeness (QED) is 0.246. The molecular formula is C32H39Cl2N3O4S. The van der Waals surface area contributed by atoms with Crippen LogP contribution in [0.1, 0.15) is 65.0 Å². The van der Waals surface area contributed by atoms with E-state index in [4.69, 9.17) is 23.2 Å². The average molecular weight is 633 g/mol. The molecule has 1 atom stereocenters. The Morgan fingerprint density at radius 2 is 1.55 bits per heavy atom. The second-order valence-electron chi connectivity index (χ2n) is 11.5. The summed E-state index contributed by atoms with van der Waals surface area (Å²) >= 11 is 12.6. The molecule has 0 saturated heterocycles. The minimum atomic E-state index is -4.14. The van der Waals surface area contributed by atoms with Gasteiger partial charge in [-0.1, -0.05) is 80.4 Å². The summed E-state index contributed by atoms with van der Waals surface area (Å²) < 4.78 is 29.0. The molecule has 7 nitrogen and oxygen atoms in total. The van der Waals surface area contributed by atoms with Crippen LogP contribution in [0.25, 0.3) is 0 Å². The van der Waals surface area contributed by atoms with Crippen LogP contribution >= 0.6 is 23.2 Å². The number of halogens is 2. The maximum absolute atomic E-state index is 14.2. The highest BCUT2D eigenvalue weighted by molar-refractivity contribution is 7.92. The van der Waals surface area contributed by atoms with Crippen molar-refractivity contribution in [3.63, 3.8) is 0 Å². The smallest absolute Gasteiger partial charge is 0.264 e. The standard InChI is InChI=1S/C32H39Cl2N3O4S/c1-7-29(31(39)35-32(4,5)6)36(20-24-13-16-25(33)19-28(24)34)30(38)21-37(26-17-14-23(15-18-26)22(2)3)42(40,41)27-11-9-8-10-12-27/h8-19,22,29H,7,20-21H2,1-6H3,(H,35,39)/t29-/m0/s1. The molecule has 0 unspecified atom stereocenters. The van der Waals surface area contributed by atoms with Crippen molar-refractivity contribution in [3.05, 3.63) is 94.0 Å². The summed E-state index contributed by atoms with van der Waals surface area (Å²) in [5.41, 5.74) is 1.41. The van der Waals surface area contributed by atoms with E-state index in [1.165, 1.54) is 17.0 Å². The third kappa shape index (κ3) is 8.49. The van der Waals surface area contributed by atoms with Gasteiger partial charge in [0.05, 0.1) is 10.6 Å². The largest absolute Gasteiger partial charge is 0.350 e. The molecule has 0 aliphatic carbocycles. The zero-order chi connectivity index (χ0) is 31.2. The third-order valence-corrected chi connectivity index (χ3v) is 9.07. The minimum Gasteiger partial charge on any atom is -0.350 e. The Labute approximate surface area is 259 Å². The zero-order valence-electron chi connectivity index (χ0n) is 24.9. The number of amides is 2. The SMILES string of the molecule is CC[C@@H](C(=O)NC(C)(C)C)N(Cc1ccc(Cl)cc1Cl)C(=O)CN(c1ccc(C(C)C)cc1)S(=O)(=O)c1ccccc1. The van der Waals surface area contributed by atoms with E-state index in [9.17, 15) is 18.0 Å². The van der Waals surface area contributed by atoms with Gasteiger partial charge in [0.15, 0.2) is 0 Å². The van der Waals surface area contributed by atoms with Gasteiger partial charge in [0.25, 0.3) is 10.0 Å². The van der Waals surface area contributed by atoms with E-state index < -0.39 is 34.1 Å². The molecule has 226 valence electrons. The molecule has 0 aliphatic heterocycles. The van der Waals surface area contributed by atoms with Crippen LogP contribution in [0.2, 0.25) is 10.0 Å². The fourth-order valence-corrected chi connectivity index (χ4v) is 6.38. The summed E-state index contributed by atoms with van der Waals surface area (Å²) in [6, 6.07) is 19.1. The van der Waals surface area contributed by atoms with E-state index in [-0.39, 0.29) is 23.3 Å². The number of rotatable bonds is 11. The maximum Gasteiger partial charge on any atom is 0.264 e. The van der Waals surface area contributed by atoms with Crippen molar-refractivity contribution in [1.29, 1.82) is 0 Å². The molecule has 0 aliphatic rings. The molecule has 0 bridgehead atoms. The van der Waals surface area contributed by atoms with Crippen LogP contribution < -0.4 is 9.62 Å². The first kappa shape index (κ1) is 33.4. The van der Waals surface area contributed by atoms with Crippen molar-refractivity contribution in [2.45, 2.75) is 76.9 Å². The van der Waals surface area contributed by atoms with Crippen LogP contribution in [0, 0.1) is 0 Å². The van der Waals surface area contributed by atoms with Crippen LogP contribution in [0.4, 0.5) is 5.69 Å². The predicted molar refractivity (Wildman–Crippen MR) is 170 cm³/mol. The van der Waals surface area contributed by atoms with Gasteiger partial charge in [-0.05, 0) is 80.6 Å². The number of sulfonamides is 1. The van der Waals surface area contributed by atoms with Crippen molar-refractivity contribution in [1.82, 2.24) is 10.2 Å². The molecule has 42 heavy (non-hydrogen) atoms. The van der Waals surface area contributed by atoms with Crippen molar-refractivity contribution < 1.29 is 18.0 Å². The first-order valence-corrected chi connectivity index (χ1v) is 16.1. The van der Waals surface area contributed by atoms with Gasteiger partial charge in [0.1, 0.15) is 12.6 Å². The van der Waals surface area contributed by atoms with Crippen LogP contribution in [-0.2, 0) is 26.2 Å². The van der Waals surface area contributed by atoms with Crippen molar-refractivity contribution in [3.8, 4) is 0 Å². The minimum absolute atomic E-state index is 0.0174. The maximum atomic E-state index is 14.2. The second kappa shape index (κ2) is 13.9. The van der Waals surface area contributed by atoms with Crippen LogP contribution in [0.15, 0.2) is 77.7 Å². The molecule has 0 spiro atoms. The van der Waals surface area contributed by atoms with Gasteiger partial charge in [-0.15, -0.1) is 0 Å². The summed E-state index contributed by atoms with van der Waals surface area (Å²) in [6.07, 6.45) is 0.299. The number of anilines is 1. The number of carbonyl (C=O) groups excluding carboxylic acids is 2. The first-order chi connectivity index (χ1) is 19.6. The lowest BCUT2D eigenvalue weighted by Gasteiger charge is -2.35. The number of nitrogens with zero attached hydrogens (tertiary/aromatic N) is 2. The van der Waals surface area contributed by atoms with Gasteiger partial charge in [0.2, 0.25) is 11.8 Å². The Morgan fingerprint density at radius 3 is 2.07 bits per heavy atom. The van der Waals surface area contributed by atoms with Crippen molar-refractivity contribution >= 4 is 50.7 Å². The van der Waals surface area contributed by atoms with Crippen molar-refractivity contribution in [2.75, 3.05) is 10.8 Å². The lowest BCUT2D eigenvalue weighted by molar-refractivity contribution is -0.141. The number of carbonyl (C=O) groups is 2. The first-order valence-electron chi connectivity index (χ1n) is 13.9. The molecule has 10 heteroatoms. The lowest BCUT2D eigenvalue weighted by atomic mass is 10.0. The topological polar surface area (TPSA) is 86.8 Å². The average Bonchev–Trinajstić information content (AvgIpc) is 2.92. The number of nitrogens with one attached hydrogen (secondary N) is 1. The number of hydrogen-bond acceptors (Lipinski definition) is 4. The normalized spacial score (nSPS) is 12.6. The third-order valence-electron chi connectivity index (χ3n) is 6.70. The highest BCUT2D eigenvalue weighted by Gasteiger charge is 2.35. The molecule has 0 aromatic heterocycles. The van der Waals surface area contributed by atoms with Crippen molar-refractivity contribution in [2.24, 2.45) is 0 Å². The molecule has 1 N–H and O–H groups in total. The van der Waals surface area contributed by atoms with Crippen LogP contribution in [0.5, 0.6) is 0 Å². The molecule has 3 aromatic carbocycles. The molecule has 0 saturated carbocycles. The molecule has 3 aromatic rings. The summed E-state index contributed by atoms with van der Waals surface area (Å²) in [7, 11) is -4.14. The van der Waals surface area contributed by atoms with E-state index in [1.54, 1.807) is 55.5 Å². The van der Waals surface area contributed by atoms with E-state index in [0.717, 1.165) is 9.87 Å². The van der Waals surface area contributed by atoms with E-state index >= 15 is 0 Å².